The Labute approximate surface area is 85.6 Å². The van der Waals surface area contributed by atoms with Crippen molar-refractivity contribution in [3.05, 3.63) is 24.3 Å². The molecule has 0 aliphatic carbocycles. The summed E-state index contributed by atoms with van der Waals surface area (Å²) in [6, 6.07) is 0. The van der Waals surface area contributed by atoms with Crippen molar-refractivity contribution in [1.29, 1.82) is 0 Å². The van der Waals surface area contributed by atoms with Gasteiger partial charge in [0, 0.05) is 0 Å². The molecule has 0 N–H and O–H groups in total. The van der Waals surface area contributed by atoms with Crippen LogP contribution < -0.4 is 0 Å². The van der Waals surface area contributed by atoms with E-state index in [9.17, 15) is 0 Å². The largest absolute Gasteiger partial charge is 0.374 e. The van der Waals surface area contributed by atoms with Crippen molar-refractivity contribution in [3.8, 4) is 0 Å². The van der Waals surface area contributed by atoms with Crippen LogP contribution in [0.25, 0.3) is 0 Å². The summed E-state index contributed by atoms with van der Waals surface area (Å²) in [5.41, 5.74) is 0. The van der Waals surface area contributed by atoms with Crippen LogP contribution >= 0.6 is 0 Å². The SMILES string of the molecule is C1=CC[C@H](CC[C@H]2CC=CCO2)OC1. The van der Waals surface area contributed by atoms with Gasteiger partial charge in [0.1, 0.15) is 0 Å². The number of hydrogen-bond acceptors (Lipinski definition) is 2. The summed E-state index contributed by atoms with van der Waals surface area (Å²) in [7, 11) is 0. The van der Waals surface area contributed by atoms with Gasteiger partial charge in [0.25, 0.3) is 0 Å². The van der Waals surface area contributed by atoms with Gasteiger partial charge in [0.05, 0.1) is 25.4 Å². The quantitative estimate of drug-likeness (QED) is 0.642. The molecule has 14 heavy (non-hydrogen) atoms. The first-order chi connectivity index (χ1) is 6.95. The average molecular weight is 194 g/mol. The van der Waals surface area contributed by atoms with E-state index in [2.05, 4.69) is 24.3 Å². The zero-order valence-corrected chi connectivity index (χ0v) is 8.52. The average Bonchev–Trinajstić information content (AvgIpc) is 2.29. The highest BCUT2D eigenvalue weighted by molar-refractivity contribution is 4.91. The molecule has 0 spiro atoms. The van der Waals surface area contributed by atoms with Crippen molar-refractivity contribution in [2.75, 3.05) is 13.2 Å². The molecule has 0 bridgehead atoms. The van der Waals surface area contributed by atoms with Crippen LogP contribution in [0.2, 0.25) is 0 Å². The van der Waals surface area contributed by atoms with E-state index < -0.39 is 0 Å². The molecule has 2 aliphatic rings. The van der Waals surface area contributed by atoms with Crippen LogP contribution in [0.5, 0.6) is 0 Å². The second-order valence-electron chi connectivity index (χ2n) is 3.90. The van der Waals surface area contributed by atoms with Crippen molar-refractivity contribution in [3.63, 3.8) is 0 Å². The van der Waals surface area contributed by atoms with Gasteiger partial charge in [-0.05, 0) is 25.7 Å². The van der Waals surface area contributed by atoms with Crippen molar-refractivity contribution in [2.45, 2.75) is 37.9 Å². The molecular weight excluding hydrogens is 176 g/mol. The van der Waals surface area contributed by atoms with Crippen LogP contribution in [0.1, 0.15) is 25.7 Å². The van der Waals surface area contributed by atoms with Crippen LogP contribution in [0.4, 0.5) is 0 Å². The van der Waals surface area contributed by atoms with Crippen molar-refractivity contribution in [2.24, 2.45) is 0 Å². The third-order valence-electron chi connectivity index (χ3n) is 2.80. The maximum Gasteiger partial charge on any atom is 0.0651 e. The van der Waals surface area contributed by atoms with E-state index in [-0.39, 0.29) is 0 Å². The molecular formula is C12H18O2. The Balaban J connectivity index is 1.66. The molecule has 2 rings (SSSR count). The Bertz CT molecular complexity index is 196. The highest BCUT2D eigenvalue weighted by atomic mass is 16.5. The second-order valence-corrected chi connectivity index (χ2v) is 3.90. The highest BCUT2D eigenvalue weighted by Gasteiger charge is 2.15. The lowest BCUT2D eigenvalue weighted by Crippen LogP contribution is -2.21. The molecule has 0 radical (unpaired) electrons. The fourth-order valence-corrected chi connectivity index (χ4v) is 1.93. The number of rotatable bonds is 3. The molecule has 0 unspecified atom stereocenters. The monoisotopic (exact) mass is 194 g/mol. The fraction of sp³-hybridized carbons (Fsp3) is 0.667. The van der Waals surface area contributed by atoms with Crippen LogP contribution in [-0.4, -0.2) is 25.4 Å². The molecule has 0 aromatic carbocycles. The third-order valence-corrected chi connectivity index (χ3v) is 2.80. The van der Waals surface area contributed by atoms with Crippen LogP contribution in [-0.2, 0) is 9.47 Å². The van der Waals surface area contributed by atoms with E-state index in [1.807, 2.05) is 0 Å². The molecule has 78 valence electrons. The van der Waals surface area contributed by atoms with E-state index in [0.717, 1.165) is 38.9 Å². The maximum atomic E-state index is 5.61. The van der Waals surface area contributed by atoms with E-state index in [1.165, 1.54) is 0 Å². The molecule has 0 saturated carbocycles. The summed E-state index contributed by atoms with van der Waals surface area (Å²) in [5, 5.41) is 0. The number of ether oxygens (including phenoxy) is 2. The van der Waals surface area contributed by atoms with Gasteiger partial charge in [-0.1, -0.05) is 24.3 Å². The summed E-state index contributed by atoms with van der Waals surface area (Å²) >= 11 is 0. The van der Waals surface area contributed by atoms with Gasteiger partial charge in [-0.25, -0.2) is 0 Å². The normalized spacial score (nSPS) is 32.0. The number of hydrogen-bond donors (Lipinski definition) is 0. The van der Waals surface area contributed by atoms with Crippen molar-refractivity contribution in [1.82, 2.24) is 0 Å². The van der Waals surface area contributed by atoms with Crippen molar-refractivity contribution < 1.29 is 9.47 Å². The molecule has 0 amide bonds. The van der Waals surface area contributed by atoms with E-state index >= 15 is 0 Å². The topological polar surface area (TPSA) is 18.5 Å². The van der Waals surface area contributed by atoms with E-state index in [4.69, 9.17) is 9.47 Å². The van der Waals surface area contributed by atoms with Gasteiger partial charge >= 0.3 is 0 Å². The van der Waals surface area contributed by atoms with Gasteiger partial charge in [-0.2, -0.15) is 0 Å². The van der Waals surface area contributed by atoms with Crippen molar-refractivity contribution >= 4 is 0 Å². The summed E-state index contributed by atoms with van der Waals surface area (Å²) in [6.45, 7) is 1.58. The lowest BCUT2D eigenvalue weighted by molar-refractivity contribution is 0.0240. The first-order valence-electron chi connectivity index (χ1n) is 5.48. The molecule has 2 heterocycles. The first-order valence-corrected chi connectivity index (χ1v) is 5.48. The van der Waals surface area contributed by atoms with Crippen LogP contribution in [0.3, 0.4) is 0 Å². The lowest BCUT2D eigenvalue weighted by Gasteiger charge is -2.23. The molecule has 0 aromatic heterocycles. The summed E-state index contributed by atoms with van der Waals surface area (Å²) in [4.78, 5) is 0. The Morgan fingerprint density at radius 1 is 0.786 bits per heavy atom. The summed E-state index contributed by atoms with van der Waals surface area (Å²) in [6.07, 6.45) is 13.9. The molecule has 2 aliphatic heterocycles. The minimum atomic E-state index is 0.425. The maximum absolute atomic E-state index is 5.61. The van der Waals surface area contributed by atoms with Crippen LogP contribution in [0.15, 0.2) is 24.3 Å². The summed E-state index contributed by atoms with van der Waals surface area (Å²) in [5.74, 6) is 0. The molecule has 2 atom stereocenters. The van der Waals surface area contributed by atoms with E-state index in [1.54, 1.807) is 0 Å². The minimum absolute atomic E-state index is 0.425. The predicted molar refractivity (Wildman–Crippen MR) is 56.2 cm³/mol. The third kappa shape index (κ3) is 2.96. The Kier molecular flexibility index (Phi) is 3.78. The van der Waals surface area contributed by atoms with Gasteiger partial charge in [-0.15, -0.1) is 0 Å². The lowest BCUT2D eigenvalue weighted by atomic mass is 10.0. The summed E-state index contributed by atoms with van der Waals surface area (Å²) < 4.78 is 11.2. The molecule has 2 nitrogen and oxygen atoms in total. The standard InChI is InChI=1S/C12H18O2/c1-3-9-13-11(5-1)7-8-12-6-2-4-10-14-12/h1-4,11-12H,5-10H2/t11-,12-/m1/s1. The fourth-order valence-electron chi connectivity index (χ4n) is 1.93. The zero-order chi connectivity index (χ0) is 9.64. The van der Waals surface area contributed by atoms with Gasteiger partial charge < -0.3 is 9.47 Å². The van der Waals surface area contributed by atoms with E-state index in [0.29, 0.717) is 12.2 Å². The Morgan fingerprint density at radius 3 is 1.64 bits per heavy atom. The van der Waals surface area contributed by atoms with Gasteiger partial charge in [-0.3, -0.25) is 0 Å². The molecule has 0 fully saturated rings. The smallest absolute Gasteiger partial charge is 0.0651 e. The molecule has 2 heteroatoms. The predicted octanol–water partition coefficient (Wildman–Crippen LogP) is 2.46. The second kappa shape index (κ2) is 5.32. The Morgan fingerprint density at radius 2 is 1.29 bits per heavy atom. The highest BCUT2D eigenvalue weighted by Crippen LogP contribution is 2.18. The Hall–Kier alpha value is -0.600. The van der Waals surface area contributed by atoms with Gasteiger partial charge in [0.2, 0.25) is 0 Å². The van der Waals surface area contributed by atoms with Gasteiger partial charge in [0.15, 0.2) is 0 Å². The minimum Gasteiger partial charge on any atom is -0.374 e. The first kappa shape index (κ1) is 9.94. The zero-order valence-electron chi connectivity index (χ0n) is 8.52. The molecule has 0 aromatic rings. The van der Waals surface area contributed by atoms with Crippen LogP contribution in [0, 0.1) is 0 Å². The molecule has 0 saturated heterocycles.